The number of aryl methyl sites for hydroxylation is 1. The average molecular weight is 351 g/mol. The second kappa shape index (κ2) is 7.94. The Kier molecular flexibility index (Phi) is 5.46. The van der Waals surface area contributed by atoms with Crippen LogP contribution in [0.2, 0.25) is 0 Å². The fourth-order valence-electron chi connectivity index (χ4n) is 2.37. The van der Waals surface area contributed by atoms with Crippen LogP contribution in [0.3, 0.4) is 0 Å². The van der Waals surface area contributed by atoms with E-state index < -0.39 is 0 Å². The molecule has 0 atom stereocenters. The first-order valence-electron chi connectivity index (χ1n) is 8.20. The number of benzene rings is 2. The highest BCUT2D eigenvalue weighted by Gasteiger charge is 2.08. The third-order valence-corrected chi connectivity index (χ3v) is 4.34. The van der Waals surface area contributed by atoms with E-state index in [0.717, 1.165) is 27.7 Å². The van der Waals surface area contributed by atoms with E-state index in [0.29, 0.717) is 0 Å². The van der Waals surface area contributed by atoms with Gasteiger partial charge in [0.15, 0.2) is 0 Å². The molecule has 0 unspecified atom stereocenters. The van der Waals surface area contributed by atoms with Gasteiger partial charge < -0.3 is 4.74 Å². The summed E-state index contributed by atoms with van der Waals surface area (Å²) in [5.74, 6) is 0.864. The summed E-state index contributed by atoms with van der Waals surface area (Å²) in [5, 5.41) is 5.07. The molecule has 128 valence electrons. The Bertz CT molecular complexity index is 839. The number of anilines is 1. The summed E-state index contributed by atoms with van der Waals surface area (Å²) in [7, 11) is 0. The molecule has 0 aliphatic heterocycles. The van der Waals surface area contributed by atoms with Crippen LogP contribution >= 0.6 is 11.3 Å². The molecule has 3 aromatic rings. The molecule has 5 heteroatoms. The van der Waals surface area contributed by atoms with Crippen molar-refractivity contribution in [1.82, 2.24) is 4.98 Å². The largest absolute Gasteiger partial charge is 0.491 e. The first kappa shape index (κ1) is 17.2. The zero-order valence-corrected chi connectivity index (χ0v) is 15.4. The normalized spacial score (nSPS) is 11.2. The molecule has 0 spiro atoms. The fraction of sp³-hybridized carbons (Fsp3) is 0.200. The molecule has 1 aromatic heterocycles. The van der Waals surface area contributed by atoms with Crippen molar-refractivity contribution in [2.24, 2.45) is 5.10 Å². The zero-order chi connectivity index (χ0) is 17.6. The predicted octanol–water partition coefficient (Wildman–Crippen LogP) is 5.35. The van der Waals surface area contributed by atoms with Gasteiger partial charge in [-0.3, -0.25) is 5.43 Å². The molecule has 0 aliphatic carbocycles. The van der Waals surface area contributed by atoms with Crippen molar-refractivity contribution in [3.8, 4) is 17.0 Å². The monoisotopic (exact) mass is 351 g/mol. The predicted molar refractivity (Wildman–Crippen MR) is 106 cm³/mol. The molecule has 0 saturated carbocycles. The second-order valence-corrected chi connectivity index (χ2v) is 7.10. The molecule has 0 fully saturated rings. The van der Waals surface area contributed by atoms with E-state index in [1.54, 1.807) is 17.6 Å². The van der Waals surface area contributed by atoms with Crippen LogP contribution in [0.4, 0.5) is 5.13 Å². The molecule has 0 amide bonds. The second-order valence-electron chi connectivity index (χ2n) is 5.90. The maximum absolute atomic E-state index is 5.63. The highest BCUT2D eigenvalue weighted by atomic mass is 32.1. The third-order valence-electron chi connectivity index (χ3n) is 3.47. The maximum Gasteiger partial charge on any atom is 0.204 e. The molecule has 1 heterocycles. The molecule has 3 rings (SSSR count). The van der Waals surface area contributed by atoms with Gasteiger partial charge in [-0.1, -0.05) is 30.3 Å². The summed E-state index contributed by atoms with van der Waals surface area (Å²) in [6.45, 7) is 6.10. The Morgan fingerprint density at radius 3 is 2.48 bits per heavy atom. The van der Waals surface area contributed by atoms with Crippen molar-refractivity contribution in [3.05, 3.63) is 65.0 Å². The maximum atomic E-state index is 5.63. The Balaban J connectivity index is 1.65. The van der Waals surface area contributed by atoms with Gasteiger partial charge in [-0.05, 0) is 50.6 Å². The molecule has 2 aromatic carbocycles. The molecular weight excluding hydrogens is 330 g/mol. The van der Waals surface area contributed by atoms with E-state index in [4.69, 9.17) is 4.74 Å². The minimum atomic E-state index is 0.174. The number of nitrogens with one attached hydrogen (secondary N) is 1. The van der Waals surface area contributed by atoms with Crippen LogP contribution in [0.5, 0.6) is 5.75 Å². The van der Waals surface area contributed by atoms with E-state index in [-0.39, 0.29) is 6.10 Å². The van der Waals surface area contributed by atoms with Gasteiger partial charge in [0, 0.05) is 10.4 Å². The summed E-state index contributed by atoms with van der Waals surface area (Å²) in [6, 6.07) is 18.0. The summed E-state index contributed by atoms with van der Waals surface area (Å²) in [5.41, 5.74) is 6.13. The van der Waals surface area contributed by atoms with Gasteiger partial charge in [0.05, 0.1) is 18.0 Å². The molecule has 0 bridgehead atoms. The molecule has 25 heavy (non-hydrogen) atoms. The highest BCUT2D eigenvalue weighted by Crippen LogP contribution is 2.30. The van der Waals surface area contributed by atoms with Crippen LogP contribution in [-0.2, 0) is 0 Å². The first-order chi connectivity index (χ1) is 12.1. The van der Waals surface area contributed by atoms with Crippen molar-refractivity contribution in [2.75, 3.05) is 5.43 Å². The molecule has 0 radical (unpaired) electrons. The van der Waals surface area contributed by atoms with Crippen LogP contribution in [0, 0.1) is 6.92 Å². The number of hydrazone groups is 1. The Morgan fingerprint density at radius 2 is 1.80 bits per heavy atom. The molecular formula is C20H21N3OS. The minimum Gasteiger partial charge on any atom is -0.491 e. The smallest absolute Gasteiger partial charge is 0.204 e. The van der Waals surface area contributed by atoms with E-state index in [1.165, 1.54) is 4.88 Å². The van der Waals surface area contributed by atoms with Crippen LogP contribution in [0.1, 0.15) is 24.3 Å². The summed E-state index contributed by atoms with van der Waals surface area (Å²) in [4.78, 5) is 5.80. The summed E-state index contributed by atoms with van der Waals surface area (Å²) < 4.78 is 5.63. The van der Waals surface area contributed by atoms with Gasteiger partial charge in [-0.25, -0.2) is 4.98 Å². The zero-order valence-electron chi connectivity index (χ0n) is 14.6. The Morgan fingerprint density at radius 1 is 1.08 bits per heavy atom. The number of thiazole rings is 1. The van der Waals surface area contributed by atoms with E-state index in [1.807, 2.05) is 56.3 Å². The van der Waals surface area contributed by atoms with Crippen molar-refractivity contribution in [2.45, 2.75) is 26.9 Å². The summed E-state index contributed by atoms with van der Waals surface area (Å²) in [6.07, 6.45) is 1.95. The van der Waals surface area contributed by atoms with Gasteiger partial charge in [0.25, 0.3) is 0 Å². The average Bonchev–Trinajstić information content (AvgIpc) is 2.97. The standard InChI is InChI=1S/C20H21N3OS/c1-14(2)24-18-11-9-16(10-12-18)13-21-23-20-22-19(15(3)25-20)17-7-5-4-6-8-17/h4-14H,1-3H3,(H,22,23)/b21-13-. The van der Waals surface area contributed by atoms with Gasteiger partial charge in [0.2, 0.25) is 5.13 Å². The number of nitrogens with zero attached hydrogens (tertiary/aromatic N) is 2. The van der Waals surface area contributed by atoms with Crippen LogP contribution < -0.4 is 10.2 Å². The SMILES string of the molecule is Cc1sc(N/N=C\c2ccc(OC(C)C)cc2)nc1-c1ccccc1. The topological polar surface area (TPSA) is 46.5 Å². The van der Waals surface area contributed by atoms with Gasteiger partial charge in [-0.2, -0.15) is 5.10 Å². The quantitative estimate of drug-likeness (QED) is 0.481. The van der Waals surface area contributed by atoms with Gasteiger partial charge in [-0.15, -0.1) is 11.3 Å². The lowest BCUT2D eigenvalue weighted by Crippen LogP contribution is -2.05. The minimum absolute atomic E-state index is 0.174. The molecule has 0 saturated heterocycles. The number of hydrogen-bond acceptors (Lipinski definition) is 5. The Labute approximate surface area is 152 Å². The first-order valence-corrected chi connectivity index (χ1v) is 9.02. The lowest BCUT2D eigenvalue weighted by atomic mass is 10.1. The number of ether oxygens (including phenoxy) is 1. The Hall–Kier alpha value is -2.66. The molecule has 1 N–H and O–H groups in total. The number of hydrogen-bond donors (Lipinski definition) is 1. The van der Waals surface area contributed by atoms with E-state index in [9.17, 15) is 0 Å². The summed E-state index contributed by atoms with van der Waals surface area (Å²) >= 11 is 1.60. The fourth-order valence-corrected chi connectivity index (χ4v) is 3.16. The van der Waals surface area contributed by atoms with Crippen molar-refractivity contribution >= 4 is 22.7 Å². The number of rotatable bonds is 6. The van der Waals surface area contributed by atoms with Gasteiger partial charge >= 0.3 is 0 Å². The van der Waals surface area contributed by atoms with Crippen molar-refractivity contribution in [3.63, 3.8) is 0 Å². The van der Waals surface area contributed by atoms with E-state index in [2.05, 4.69) is 34.6 Å². The molecule has 4 nitrogen and oxygen atoms in total. The van der Waals surface area contributed by atoms with Crippen molar-refractivity contribution in [1.29, 1.82) is 0 Å². The van der Waals surface area contributed by atoms with E-state index >= 15 is 0 Å². The van der Waals surface area contributed by atoms with Crippen molar-refractivity contribution < 1.29 is 4.74 Å². The lowest BCUT2D eigenvalue weighted by molar-refractivity contribution is 0.242. The lowest BCUT2D eigenvalue weighted by Gasteiger charge is -2.08. The van der Waals surface area contributed by atoms with Crippen LogP contribution in [0.25, 0.3) is 11.3 Å². The number of aromatic nitrogens is 1. The van der Waals surface area contributed by atoms with Gasteiger partial charge in [0.1, 0.15) is 5.75 Å². The third kappa shape index (κ3) is 4.67. The molecule has 0 aliphatic rings. The van der Waals surface area contributed by atoms with Crippen LogP contribution in [0.15, 0.2) is 59.7 Å². The highest BCUT2D eigenvalue weighted by molar-refractivity contribution is 7.15. The van der Waals surface area contributed by atoms with Crippen LogP contribution in [-0.4, -0.2) is 17.3 Å².